The van der Waals surface area contributed by atoms with Crippen molar-refractivity contribution in [3.05, 3.63) is 34.9 Å². The molecule has 1 unspecified atom stereocenters. The fourth-order valence-corrected chi connectivity index (χ4v) is 3.32. The second-order valence-electron chi connectivity index (χ2n) is 7.97. The van der Waals surface area contributed by atoms with Gasteiger partial charge in [-0.25, -0.2) is 0 Å². The monoisotopic (exact) mass is 287 g/mol. The lowest BCUT2D eigenvalue weighted by Crippen LogP contribution is -2.39. The van der Waals surface area contributed by atoms with Crippen molar-refractivity contribution in [2.75, 3.05) is 13.1 Å². The highest BCUT2D eigenvalue weighted by Gasteiger charge is 2.28. The highest BCUT2D eigenvalue weighted by molar-refractivity contribution is 5.35. The van der Waals surface area contributed by atoms with Gasteiger partial charge in [0.25, 0.3) is 0 Å². The zero-order valence-corrected chi connectivity index (χ0v) is 14.6. The van der Waals surface area contributed by atoms with E-state index < -0.39 is 0 Å². The quantitative estimate of drug-likeness (QED) is 0.771. The van der Waals surface area contributed by atoms with Crippen LogP contribution in [-0.4, -0.2) is 13.1 Å². The molecule has 1 aliphatic rings. The van der Waals surface area contributed by atoms with Gasteiger partial charge in [0.05, 0.1) is 0 Å². The molecule has 0 heterocycles. The maximum atomic E-state index is 3.68. The van der Waals surface area contributed by atoms with Crippen LogP contribution in [0.25, 0.3) is 0 Å². The first-order valence-corrected chi connectivity index (χ1v) is 8.72. The van der Waals surface area contributed by atoms with Crippen LogP contribution in [0, 0.1) is 17.3 Å². The van der Waals surface area contributed by atoms with E-state index in [1.807, 2.05) is 0 Å². The Morgan fingerprint density at radius 3 is 2.48 bits per heavy atom. The van der Waals surface area contributed by atoms with Crippen LogP contribution < -0.4 is 5.32 Å². The lowest BCUT2D eigenvalue weighted by molar-refractivity contribution is 0.205. The predicted octanol–water partition coefficient (Wildman–Crippen LogP) is 4.63. The molecule has 1 atom stereocenters. The van der Waals surface area contributed by atoms with E-state index in [4.69, 9.17) is 0 Å². The first-order chi connectivity index (χ1) is 9.90. The van der Waals surface area contributed by atoms with Crippen molar-refractivity contribution in [1.29, 1.82) is 0 Å². The molecule has 2 rings (SSSR count). The summed E-state index contributed by atoms with van der Waals surface area (Å²) in [5.41, 5.74) is 5.05. The summed E-state index contributed by atoms with van der Waals surface area (Å²) in [5.74, 6) is 1.41. The predicted molar refractivity (Wildman–Crippen MR) is 92.8 cm³/mol. The van der Waals surface area contributed by atoms with E-state index in [2.05, 4.69) is 58.1 Å². The molecule has 0 fully saturated rings. The van der Waals surface area contributed by atoms with E-state index in [9.17, 15) is 0 Å². The minimum Gasteiger partial charge on any atom is -0.316 e. The maximum absolute atomic E-state index is 3.68. The molecule has 0 saturated heterocycles. The molecule has 0 amide bonds. The van der Waals surface area contributed by atoms with Gasteiger partial charge in [0.2, 0.25) is 0 Å². The van der Waals surface area contributed by atoms with Gasteiger partial charge >= 0.3 is 0 Å². The molecule has 0 aromatic heterocycles. The molecule has 118 valence electrons. The van der Waals surface area contributed by atoms with Crippen LogP contribution in [0.2, 0.25) is 0 Å². The Morgan fingerprint density at radius 1 is 1.10 bits per heavy atom. The summed E-state index contributed by atoms with van der Waals surface area (Å²) in [7, 11) is 0. The highest BCUT2D eigenvalue weighted by atomic mass is 14.9. The summed E-state index contributed by atoms with van der Waals surface area (Å²) < 4.78 is 0. The normalized spacial score (nSPS) is 17.3. The van der Waals surface area contributed by atoms with Crippen molar-refractivity contribution in [1.82, 2.24) is 5.32 Å². The van der Waals surface area contributed by atoms with Crippen molar-refractivity contribution in [3.8, 4) is 0 Å². The SMILES string of the molecule is CC(C)CNCC(C)(Cc1ccc2c(c1)CCC2)C(C)C. The van der Waals surface area contributed by atoms with Gasteiger partial charge in [-0.05, 0) is 66.2 Å². The fraction of sp³-hybridized carbons (Fsp3) is 0.700. The Bertz CT molecular complexity index is 461. The number of hydrogen-bond acceptors (Lipinski definition) is 1. The first kappa shape index (κ1) is 16.5. The zero-order chi connectivity index (χ0) is 15.5. The van der Waals surface area contributed by atoms with Gasteiger partial charge in [-0.2, -0.15) is 0 Å². The number of aryl methyl sites for hydroxylation is 2. The molecular formula is C20H33N. The van der Waals surface area contributed by atoms with E-state index in [-0.39, 0.29) is 0 Å². The molecule has 0 spiro atoms. The molecule has 1 aliphatic carbocycles. The molecule has 0 aliphatic heterocycles. The van der Waals surface area contributed by atoms with Gasteiger partial charge in [-0.15, -0.1) is 0 Å². The van der Waals surface area contributed by atoms with Crippen LogP contribution in [0.5, 0.6) is 0 Å². The second kappa shape index (κ2) is 6.96. The van der Waals surface area contributed by atoms with Gasteiger partial charge in [0.1, 0.15) is 0 Å². The van der Waals surface area contributed by atoms with Crippen molar-refractivity contribution in [2.45, 2.75) is 60.3 Å². The van der Waals surface area contributed by atoms with Crippen LogP contribution in [0.3, 0.4) is 0 Å². The van der Waals surface area contributed by atoms with Crippen LogP contribution in [-0.2, 0) is 19.3 Å². The summed E-state index contributed by atoms with van der Waals surface area (Å²) in [4.78, 5) is 0. The summed E-state index contributed by atoms with van der Waals surface area (Å²) in [6.45, 7) is 14.0. The third-order valence-corrected chi connectivity index (χ3v) is 5.25. The fourth-order valence-electron chi connectivity index (χ4n) is 3.32. The van der Waals surface area contributed by atoms with E-state index in [1.54, 1.807) is 11.1 Å². The molecule has 0 bridgehead atoms. The molecular weight excluding hydrogens is 254 g/mol. The smallest absolute Gasteiger partial charge is 0.00109 e. The molecule has 1 heteroatoms. The Labute approximate surface area is 131 Å². The number of benzene rings is 1. The third kappa shape index (κ3) is 4.32. The van der Waals surface area contributed by atoms with Gasteiger partial charge in [-0.1, -0.05) is 52.8 Å². The number of hydrogen-bond donors (Lipinski definition) is 1. The Balaban J connectivity index is 2.04. The minimum atomic E-state index is 0.335. The summed E-state index contributed by atoms with van der Waals surface area (Å²) in [6.07, 6.45) is 5.10. The molecule has 1 N–H and O–H groups in total. The molecule has 1 aromatic rings. The van der Waals surface area contributed by atoms with Crippen LogP contribution in [0.15, 0.2) is 18.2 Å². The van der Waals surface area contributed by atoms with E-state index in [0.717, 1.165) is 19.0 Å². The number of rotatable bonds is 7. The van der Waals surface area contributed by atoms with E-state index in [0.29, 0.717) is 11.3 Å². The first-order valence-electron chi connectivity index (χ1n) is 8.72. The van der Waals surface area contributed by atoms with Crippen molar-refractivity contribution in [3.63, 3.8) is 0 Å². The average molecular weight is 287 g/mol. The van der Waals surface area contributed by atoms with E-state index in [1.165, 1.54) is 31.2 Å². The molecule has 1 aromatic carbocycles. The molecule has 21 heavy (non-hydrogen) atoms. The molecule has 0 saturated carbocycles. The topological polar surface area (TPSA) is 12.0 Å². The van der Waals surface area contributed by atoms with Gasteiger partial charge in [0, 0.05) is 6.54 Å². The Hall–Kier alpha value is -0.820. The molecule has 1 nitrogen and oxygen atoms in total. The average Bonchev–Trinajstić information content (AvgIpc) is 2.85. The lowest BCUT2D eigenvalue weighted by atomic mass is 9.74. The van der Waals surface area contributed by atoms with Gasteiger partial charge < -0.3 is 5.32 Å². The highest BCUT2D eigenvalue weighted by Crippen LogP contribution is 2.32. The Kier molecular flexibility index (Phi) is 5.48. The van der Waals surface area contributed by atoms with Gasteiger partial charge in [0.15, 0.2) is 0 Å². The molecule has 0 radical (unpaired) electrons. The zero-order valence-electron chi connectivity index (χ0n) is 14.6. The second-order valence-corrected chi connectivity index (χ2v) is 7.97. The largest absolute Gasteiger partial charge is 0.316 e. The van der Waals surface area contributed by atoms with Gasteiger partial charge in [-0.3, -0.25) is 0 Å². The van der Waals surface area contributed by atoms with Crippen LogP contribution >= 0.6 is 0 Å². The Morgan fingerprint density at radius 2 is 1.81 bits per heavy atom. The van der Waals surface area contributed by atoms with Crippen molar-refractivity contribution < 1.29 is 0 Å². The summed E-state index contributed by atoms with van der Waals surface area (Å²) in [6, 6.07) is 7.22. The summed E-state index contributed by atoms with van der Waals surface area (Å²) in [5, 5.41) is 3.68. The van der Waals surface area contributed by atoms with Crippen molar-refractivity contribution in [2.24, 2.45) is 17.3 Å². The number of nitrogens with one attached hydrogen (secondary N) is 1. The lowest BCUT2D eigenvalue weighted by Gasteiger charge is -2.35. The number of fused-ring (bicyclic) bond motifs is 1. The third-order valence-electron chi connectivity index (χ3n) is 5.25. The maximum Gasteiger partial charge on any atom is 0.00109 e. The minimum absolute atomic E-state index is 0.335. The van der Waals surface area contributed by atoms with E-state index >= 15 is 0 Å². The standard InChI is InChI=1S/C20H33N/c1-15(2)13-21-14-20(5,16(3)4)12-17-9-10-18-7-6-8-19(18)11-17/h9-11,15-16,21H,6-8,12-14H2,1-5H3. The summed E-state index contributed by atoms with van der Waals surface area (Å²) >= 11 is 0. The van der Waals surface area contributed by atoms with Crippen LogP contribution in [0.1, 0.15) is 57.7 Å². The van der Waals surface area contributed by atoms with Crippen LogP contribution in [0.4, 0.5) is 0 Å². The van der Waals surface area contributed by atoms with Crippen molar-refractivity contribution >= 4 is 0 Å².